The number of allylic oxidation sites excluding steroid dienone is 2. The Morgan fingerprint density at radius 2 is 1.83 bits per heavy atom. The highest BCUT2D eigenvalue weighted by molar-refractivity contribution is 5.87. The van der Waals surface area contributed by atoms with Crippen molar-refractivity contribution in [2.75, 3.05) is 13.7 Å². The van der Waals surface area contributed by atoms with Crippen LogP contribution in [0.5, 0.6) is 0 Å². The second-order valence-corrected chi connectivity index (χ2v) is 6.40. The topological polar surface area (TPSA) is 55.4 Å². The molecule has 0 radical (unpaired) electrons. The van der Waals surface area contributed by atoms with Crippen LogP contribution in [0.4, 0.5) is 0 Å². The number of carbonyl (C=O) groups is 2. The molecule has 0 saturated heterocycles. The van der Waals surface area contributed by atoms with Gasteiger partial charge in [0.1, 0.15) is 0 Å². The third-order valence-corrected chi connectivity index (χ3v) is 5.02. The number of aryl methyl sites for hydroxylation is 1. The van der Waals surface area contributed by atoms with Crippen LogP contribution in [0.3, 0.4) is 0 Å². The molecule has 122 valence electrons. The Hall–Kier alpha value is -2.10. The van der Waals surface area contributed by atoms with Gasteiger partial charge in [-0.1, -0.05) is 42.5 Å². The van der Waals surface area contributed by atoms with Crippen molar-refractivity contribution < 1.29 is 14.3 Å². The molecular weight excluding hydrogens is 290 g/mol. The van der Waals surface area contributed by atoms with Crippen molar-refractivity contribution in [3.8, 4) is 0 Å². The normalized spacial score (nSPS) is 27.9. The summed E-state index contributed by atoms with van der Waals surface area (Å²) < 4.78 is 4.90. The van der Waals surface area contributed by atoms with Gasteiger partial charge in [0.05, 0.1) is 18.9 Å². The third-order valence-electron chi connectivity index (χ3n) is 5.02. The lowest BCUT2D eigenvalue weighted by Gasteiger charge is -2.25. The molecule has 2 aliphatic rings. The van der Waals surface area contributed by atoms with E-state index in [4.69, 9.17) is 4.74 Å². The lowest BCUT2D eigenvalue weighted by atomic mass is 9.82. The Morgan fingerprint density at radius 1 is 1.13 bits per heavy atom. The zero-order valence-electron chi connectivity index (χ0n) is 13.4. The Balaban J connectivity index is 1.51. The molecule has 23 heavy (non-hydrogen) atoms. The molecule has 4 nitrogen and oxygen atoms in total. The van der Waals surface area contributed by atoms with Gasteiger partial charge in [0.2, 0.25) is 5.91 Å². The summed E-state index contributed by atoms with van der Waals surface area (Å²) in [4.78, 5) is 24.5. The van der Waals surface area contributed by atoms with Gasteiger partial charge in [0.15, 0.2) is 0 Å². The number of methoxy groups -OCH3 is 1. The zero-order chi connectivity index (χ0) is 16.2. The van der Waals surface area contributed by atoms with Crippen LogP contribution < -0.4 is 5.32 Å². The van der Waals surface area contributed by atoms with E-state index in [1.165, 1.54) is 12.7 Å². The van der Waals surface area contributed by atoms with Gasteiger partial charge in [-0.05, 0) is 36.7 Å². The number of hydrogen-bond donors (Lipinski definition) is 1. The highest BCUT2D eigenvalue weighted by atomic mass is 16.5. The molecule has 1 amide bonds. The fourth-order valence-corrected chi connectivity index (χ4v) is 3.90. The standard InChI is InChI=1S/C19H23NO3/c1-23-19(22)17-15-10-9-14(12-15)16(17)18(21)20-11-5-8-13-6-3-2-4-7-13/h2-4,6-7,9-10,14-17H,5,8,11-12H2,1H3,(H,20,21). The summed E-state index contributed by atoms with van der Waals surface area (Å²) in [5.74, 6) is -0.513. The number of hydrogen-bond acceptors (Lipinski definition) is 3. The molecule has 0 aliphatic heterocycles. The predicted octanol–water partition coefficient (Wildman–Crippen LogP) is 2.35. The van der Waals surface area contributed by atoms with Gasteiger partial charge >= 0.3 is 5.97 Å². The fourth-order valence-electron chi connectivity index (χ4n) is 3.90. The highest BCUT2D eigenvalue weighted by Gasteiger charge is 2.51. The summed E-state index contributed by atoms with van der Waals surface area (Å²) in [6, 6.07) is 10.2. The van der Waals surface area contributed by atoms with E-state index in [1.54, 1.807) is 0 Å². The number of nitrogens with one attached hydrogen (secondary N) is 1. The van der Waals surface area contributed by atoms with Gasteiger partial charge in [0.25, 0.3) is 0 Å². The second-order valence-electron chi connectivity index (χ2n) is 6.40. The molecule has 4 heteroatoms. The van der Waals surface area contributed by atoms with Crippen molar-refractivity contribution in [2.24, 2.45) is 23.7 Å². The van der Waals surface area contributed by atoms with Gasteiger partial charge in [-0.25, -0.2) is 0 Å². The summed E-state index contributed by atoms with van der Waals surface area (Å²) in [6.45, 7) is 0.638. The smallest absolute Gasteiger partial charge is 0.310 e. The number of rotatable bonds is 6. The van der Waals surface area contributed by atoms with Crippen LogP contribution in [-0.4, -0.2) is 25.5 Å². The maximum absolute atomic E-state index is 12.5. The number of benzene rings is 1. The van der Waals surface area contributed by atoms with Crippen LogP contribution in [0.2, 0.25) is 0 Å². The van der Waals surface area contributed by atoms with Gasteiger partial charge in [-0.15, -0.1) is 0 Å². The SMILES string of the molecule is COC(=O)C1C2C=CC(C2)C1C(=O)NCCCc1ccccc1. The lowest BCUT2D eigenvalue weighted by Crippen LogP contribution is -2.41. The molecule has 1 N–H and O–H groups in total. The van der Waals surface area contributed by atoms with Crippen LogP contribution in [0.15, 0.2) is 42.5 Å². The van der Waals surface area contributed by atoms with E-state index in [9.17, 15) is 9.59 Å². The molecular formula is C19H23NO3. The predicted molar refractivity (Wildman–Crippen MR) is 87.5 cm³/mol. The van der Waals surface area contributed by atoms with E-state index in [2.05, 4.69) is 29.6 Å². The molecule has 2 aliphatic carbocycles. The average molecular weight is 313 g/mol. The Morgan fingerprint density at radius 3 is 2.52 bits per heavy atom. The minimum atomic E-state index is -0.316. The second kappa shape index (κ2) is 6.99. The quantitative estimate of drug-likeness (QED) is 0.498. The molecule has 1 aromatic rings. The van der Waals surface area contributed by atoms with Crippen molar-refractivity contribution in [3.05, 3.63) is 48.0 Å². The first kappa shape index (κ1) is 15.8. The first-order valence-electron chi connectivity index (χ1n) is 8.28. The van der Waals surface area contributed by atoms with Crippen LogP contribution in [0.25, 0.3) is 0 Å². The minimum Gasteiger partial charge on any atom is -0.469 e. The molecule has 3 rings (SSSR count). The molecule has 0 aromatic heterocycles. The van der Waals surface area contributed by atoms with Crippen LogP contribution in [0, 0.1) is 23.7 Å². The summed E-state index contributed by atoms with van der Waals surface area (Å²) >= 11 is 0. The van der Waals surface area contributed by atoms with Gasteiger partial charge in [-0.3, -0.25) is 9.59 Å². The summed E-state index contributed by atoms with van der Waals surface area (Å²) in [7, 11) is 1.40. The Labute approximate surface area is 136 Å². The van der Waals surface area contributed by atoms with E-state index >= 15 is 0 Å². The van der Waals surface area contributed by atoms with Crippen molar-refractivity contribution >= 4 is 11.9 Å². The molecule has 1 aromatic carbocycles. The Kier molecular flexibility index (Phi) is 4.79. The maximum atomic E-state index is 12.5. The zero-order valence-corrected chi connectivity index (χ0v) is 13.4. The van der Waals surface area contributed by atoms with E-state index in [-0.39, 0.29) is 35.5 Å². The van der Waals surface area contributed by atoms with Gasteiger partial charge < -0.3 is 10.1 Å². The first-order valence-corrected chi connectivity index (χ1v) is 8.28. The highest BCUT2D eigenvalue weighted by Crippen LogP contribution is 2.48. The van der Waals surface area contributed by atoms with Crippen molar-refractivity contribution in [1.82, 2.24) is 5.32 Å². The molecule has 1 saturated carbocycles. The van der Waals surface area contributed by atoms with Crippen LogP contribution >= 0.6 is 0 Å². The molecule has 2 bridgehead atoms. The number of ether oxygens (including phenoxy) is 1. The molecule has 0 heterocycles. The largest absolute Gasteiger partial charge is 0.469 e. The van der Waals surface area contributed by atoms with E-state index < -0.39 is 0 Å². The number of amides is 1. The van der Waals surface area contributed by atoms with E-state index in [0.717, 1.165) is 19.3 Å². The molecule has 4 atom stereocenters. The third kappa shape index (κ3) is 3.31. The fraction of sp³-hybridized carbons (Fsp3) is 0.474. The monoisotopic (exact) mass is 313 g/mol. The van der Waals surface area contributed by atoms with Crippen molar-refractivity contribution in [1.29, 1.82) is 0 Å². The van der Waals surface area contributed by atoms with Crippen LogP contribution in [-0.2, 0) is 20.7 Å². The minimum absolute atomic E-state index is 0.00897. The van der Waals surface area contributed by atoms with Gasteiger partial charge in [0, 0.05) is 6.54 Å². The average Bonchev–Trinajstić information content (AvgIpc) is 3.20. The van der Waals surface area contributed by atoms with E-state index in [1.807, 2.05) is 18.2 Å². The summed E-state index contributed by atoms with van der Waals surface area (Å²) in [6.07, 6.45) is 6.87. The molecule has 1 fully saturated rings. The lowest BCUT2D eigenvalue weighted by molar-refractivity contribution is -0.151. The van der Waals surface area contributed by atoms with Gasteiger partial charge in [-0.2, -0.15) is 0 Å². The molecule has 0 spiro atoms. The summed E-state index contributed by atoms with van der Waals surface area (Å²) in [5, 5.41) is 3.01. The number of fused-ring (bicyclic) bond motifs is 2. The maximum Gasteiger partial charge on any atom is 0.310 e. The number of carbonyl (C=O) groups excluding carboxylic acids is 2. The van der Waals surface area contributed by atoms with Crippen molar-refractivity contribution in [2.45, 2.75) is 19.3 Å². The summed E-state index contributed by atoms with van der Waals surface area (Å²) in [5.41, 5.74) is 1.28. The first-order chi connectivity index (χ1) is 11.2. The Bertz CT molecular complexity index is 596. The van der Waals surface area contributed by atoms with E-state index in [0.29, 0.717) is 6.54 Å². The molecule has 4 unspecified atom stereocenters. The van der Waals surface area contributed by atoms with Crippen molar-refractivity contribution in [3.63, 3.8) is 0 Å². The number of esters is 1. The van der Waals surface area contributed by atoms with Crippen LogP contribution in [0.1, 0.15) is 18.4 Å².